The molecule has 1 aromatic carbocycles. The van der Waals surface area contributed by atoms with Crippen molar-refractivity contribution in [3.8, 4) is 0 Å². The number of halogens is 2. The number of hydrogen-bond donors (Lipinski definition) is 0. The maximum absolute atomic E-state index is 13.6. The van der Waals surface area contributed by atoms with E-state index in [0.29, 0.717) is 4.90 Å². The van der Waals surface area contributed by atoms with Gasteiger partial charge in [0, 0.05) is 4.90 Å². The largest absolute Gasteiger partial charge is 0.460 e. The van der Waals surface area contributed by atoms with Gasteiger partial charge in [-0.05, 0) is 25.3 Å². The topological polar surface area (TPSA) is 43.4 Å². The predicted molar refractivity (Wildman–Crippen MR) is 64.2 cm³/mol. The number of carbonyl (C=O) groups is 2. The summed E-state index contributed by atoms with van der Waals surface area (Å²) in [5, 5.41) is -0.190. The van der Waals surface area contributed by atoms with Crippen molar-refractivity contribution in [1.82, 2.24) is 0 Å². The molecule has 0 aromatic heterocycles. The van der Waals surface area contributed by atoms with E-state index in [9.17, 15) is 14.0 Å². The number of hydrogen-bond acceptors (Lipinski definition) is 4. The minimum absolute atomic E-state index is 0.0577. The Balaban J connectivity index is 3.16. The van der Waals surface area contributed by atoms with Crippen LogP contribution in [0.1, 0.15) is 17.3 Å². The van der Waals surface area contributed by atoms with E-state index in [2.05, 4.69) is 4.74 Å². The zero-order chi connectivity index (χ0) is 13.0. The van der Waals surface area contributed by atoms with Crippen molar-refractivity contribution in [3.63, 3.8) is 0 Å². The van der Waals surface area contributed by atoms with Gasteiger partial charge in [-0.25, -0.2) is 9.18 Å². The first-order valence-electron chi connectivity index (χ1n) is 4.75. The Morgan fingerprint density at radius 1 is 1.47 bits per heavy atom. The van der Waals surface area contributed by atoms with E-state index >= 15 is 0 Å². The summed E-state index contributed by atoms with van der Waals surface area (Å²) in [7, 11) is 0. The minimum atomic E-state index is -1.08. The molecule has 0 bridgehead atoms. The zero-order valence-electron chi connectivity index (χ0n) is 9.25. The Kier molecular flexibility index (Phi) is 4.96. The first kappa shape index (κ1) is 14.0. The molecule has 0 amide bonds. The Labute approximate surface area is 107 Å². The lowest BCUT2D eigenvalue weighted by molar-refractivity contribution is -0.137. The maximum Gasteiger partial charge on any atom is 0.379 e. The molecule has 0 aliphatic carbocycles. The summed E-state index contributed by atoms with van der Waals surface area (Å²) >= 11 is 6.92. The summed E-state index contributed by atoms with van der Waals surface area (Å²) in [5.74, 6) is -3.01. The molecule has 17 heavy (non-hydrogen) atoms. The SMILES string of the molecule is CCOC(=O)C(=O)c1cc(SC)cc(Cl)c1F. The lowest BCUT2D eigenvalue weighted by atomic mass is 10.1. The maximum atomic E-state index is 13.6. The third-order valence-corrected chi connectivity index (χ3v) is 2.93. The fraction of sp³-hybridized carbons (Fsp3) is 0.273. The first-order chi connectivity index (χ1) is 8.01. The van der Waals surface area contributed by atoms with Crippen LogP contribution in [0.4, 0.5) is 4.39 Å². The molecule has 0 spiro atoms. The number of carbonyl (C=O) groups excluding carboxylic acids is 2. The van der Waals surface area contributed by atoms with Crippen LogP contribution in [-0.2, 0) is 9.53 Å². The van der Waals surface area contributed by atoms with Crippen molar-refractivity contribution in [2.45, 2.75) is 11.8 Å². The van der Waals surface area contributed by atoms with Gasteiger partial charge < -0.3 is 4.74 Å². The number of thioether (sulfide) groups is 1. The molecule has 0 aliphatic rings. The van der Waals surface area contributed by atoms with Crippen LogP contribution in [0.25, 0.3) is 0 Å². The summed E-state index contributed by atoms with van der Waals surface area (Å²) < 4.78 is 18.1. The van der Waals surface area contributed by atoms with E-state index in [1.54, 1.807) is 13.2 Å². The molecule has 0 heterocycles. The highest BCUT2D eigenvalue weighted by atomic mass is 35.5. The third-order valence-electron chi connectivity index (χ3n) is 1.94. The van der Waals surface area contributed by atoms with Gasteiger partial charge in [0.2, 0.25) is 0 Å². The first-order valence-corrected chi connectivity index (χ1v) is 6.36. The Hall–Kier alpha value is -1.07. The standard InChI is InChI=1S/C11H10ClFO3S/c1-3-16-11(15)10(14)7-4-6(17-2)5-8(12)9(7)13/h4-5H,3H2,1-2H3. The Bertz CT molecular complexity index is 462. The average molecular weight is 277 g/mol. The van der Waals surface area contributed by atoms with Crippen LogP contribution >= 0.6 is 23.4 Å². The molecule has 1 aromatic rings. The van der Waals surface area contributed by atoms with Gasteiger partial charge in [-0.3, -0.25) is 4.79 Å². The number of Topliss-reactive ketones (excluding diaryl/α,β-unsaturated/α-hetero) is 1. The molecule has 0 aliphatic heterocycles. The Morgan fingerprint density at radius 2 is 2.12 bits per heavy atom. The normalized spacial score (nSPS) is 10.1. The molecule has 0 atom stereocenters. The minimum Gasteiger partial charge on any atom is -0.460 e. The van der Waals surface area contributed by atoms with Gasteiger partial charge in [0.05, 0.1) is 17.2 Å². The third kappa shape index (κ3) is 3.20. The van der Waals surface area contributed by atoms with Crippen LogP contribution in [0, 0.1) is 5.82 Å². The number of ether oxygens (including phenoxy) is 1. The van der Waals surface area contributed by atoms with Crippen molar-refractivity contribution in [2.75, 3.05) is 12.9 Å². The second kappa shape index (κ2) is 6.02. The van der Waals surface area contributed by atoms with Gasteiger partial charge in [0.1, 0.15) is 0 Å². The lowest BCUT2D eigenvalue weighted by Crippen LogP contribution is -2.19. The summed E-state index contributed by atoms with van der Waals surface area (Å²) in [6.07, 6.45) is 1.75. The lowest BCUT2D eigenvalue weighted by Gasteiger charge is -2.06. The quantitative estimate of drug-likeness (QED) is 0.367. The van der Waals surface area contributed by atoms with Crippen molar-refractivity contribution in [2.24, 2.45) is 0 Å². The van der Waals surface area contributed by atoms with E-state index in [-0.39, 0.29) is 17.2 Å². The van der Waals surface area contributed by atoms with Gasteiger partial charge in [0.15, 0.2) is 5.82 Å². The second-order valence-electron chi connectivity index (χ2n) is 3.02. The molecule has 0 saturated carbocycles. The summed E-state index contributed by atoms with van der Waals surface area (Å²) in [6.45, 7) is 1.62. The molecule has 6 heteroatoms. The highest BCUT2D eigenvalue weighted by Crippen LogP contribution is 2.26. The van der Waals surface area contributed by atoms with Crippen LogP contribution < -0.4 is 0 Å². The van der Waals surface area contributed by atoms with Gasteiger partial charge >= 0.3 is 5.97 Å². The number of benzene rings is 1. The van der Waals surface area contributed by atoms with Crippen molar-refractivity contribution in [1.29, 1.82) is 0 Å². The summed E-state index contributed by atoms with van der Waals surface area (Å²) in [4.78, 5) is 23.4. The molecule has 92 valence electrons. The Morgan fingerprint density at radius 3 is 2.65 bits per heavy atom. The van der Waals surface area contributed by atoms with E-state index in [0.717, 1.165) is 0 Å². The fourth-order valence-corrected chi connectivity index (χ4v) is 1.91. The van der Waals surface area contributed by atoms with Crippen molar-refractivity contribution >= 4 is 35.1 Å². The molecular weight excluding hydrogens is 267 g/mol. The highest BCUT2D eigenvalue weighted by molar-refractivity contribution is 7.98. The second-order valence-corrected chi connectivity index (χ2v) is 4.31. The molecule has 0 saturated heterocycles. The van der Waals surface area contributed by atoms with E-state index in [1.807, 2.05) is 0 Å². The molecule has 0 unspecified atom stereocenters. The van der Waals surface area contributed by atoms with E-state index < -0.39 is 17.6 Å². The van der Waals surface area contributed by atoms with Crippen LogP contribution in [-0.4, -0.2) is 24.6 Å². The van der Waals surface area contributed by atoms with Crippen LogP contribution in [0.3, 0.4) is 0 Å². The van der Waals surface area contributed by atoms with Gasteiger partial charge in [-0.15, -0.1) is 11.8 Å². The van der Waals surface area contributed by atoms with Crippen LogP contribution in [0.2, 0.25) is 5.02 Å². The molecule has 1 rings (SSSR count). The van der Waals surface area contributed by atoms with Crippen molar-refractivity contribution in [3.05, 3.63) is 28.5 Å². The monoisotopic (exact) mass is 276 g/mol. The number of ketones is 1. The molecule has 0 fully saturated rings. The molecular formula is C11H10ClFO3S. The van der Waals surface area contributed by atoms with Gasteiger partial charge in [-0.1, -0.05) is 11.6 Å². The van der Waals surface area contributed by atoms with Gasteiger partial charge in [0.25, 0.3) is 5.78 Å². The molecule has 0 radical (unpaired) electrons. The number of rotatable bonds is 4. The van der Waals surface area contributed by atoms with Crippen LogP contribution in [0.15, 0.2) is 17.0 Å². The van der Waals surface area contributed by atoms with Gasteiger partial charge in [-0.2, -0.15) is 0 Å². The summed E-state index contributed by atoms with van der Waals surface area (Å²) in [6, 6.07) is 2.68. The fourth-order valence-electron chi connectivity index (χ4n) is 1.15. The molecule has 3 nitrogen and oxygen atoms in total. The zero-order valence-corrected chi connectivity index (χ0v) is 10.8. The molecule has 0 N–H and O–H groups in total. The van der Waals surface area contributed by atoms with E-state index in [1.165, 1.54) is 23.9 Å². The van der Waals surface area contributed by atoms with E-state index in [4.69, 9.17) is 11.6 Å². The van der Waals surface area contributed by atoms with Crippen LogP contribution in [0.5, 0.6) is 0 Å². The highest BCUT2D eigenvalue weighted by Gasteiger charge is 2.23. The number of esters is 1. The summed E-state index contributed by atoms with van der Waals surface area (Å²) in [5.41, 5.74) is -0.361. The average Bonchev–Trinajstić information content (AvgIpc) is 2.31. The van der Waals surface area contributed by atoms with Crippen molar-refractivity contribution < 1.29 is 18.7 Å². The smallest absolute Gasteiger partial charge is 0.379 e. The predicted octanol–water partition coefficient (Wildman–Crippen LogP) is 2.95.